The lowest BCUT2D eigenvalue weighted by molar-refractivity contribution is 0.0933. The molecule has 8 heteroatoms. The molecule has 2 aromatic rings. The number of hydrogen-bond donors (Lipinski definition) is 1. The molecule has 7 nitrogen and oxygen atoms in total. The second-order valence-electron chi connectivity index (χ2n) is 8.82. The summed E-state index contributed by atoms with van der Waals surface area (Å²) in [4.78, 5) is 15.3. The average Bonchev–Trinajstić information content (AvgIpc) is 3.54. The maximum atomic E-state index is 13.0. The van der Waals surface area contributed by atoms with Crippen LogP contribution in [0.1, 0.15) is 67.1 Å². The van der Waals surface area contributed by atoms with Gasteiger partial charge in [-0.2, -0.15) is 4.31 Å². The fourth-order valence-corrected chi connectivity index (χ4v) is 6.24. The number of nitrogens with zero attached hydrogens (tertiary/aromatic N) is 2. The molecule has 1 aliphatic heterocycles. The van der Waals surface area contributed by atoms with Crippen molar-refractivity contribution >= 4 is 15.9 Å². The van der Waals surface area contributed by atoms with Gasteiger partial charge in [0, 0.05) is 25.2 Å². The van der Waals surface area contributed by atoms with Crippen LogP contribution in [0.2, 0.25) is 0 Å². The van der Waals surface area contributed by atoms with E-state index in [1.165, 1.54) is 22.9 Å². The van der Waals surface area contributed by atoms with E-state index in [9.17, 15) is 13.2 Å². The van der Waals surface area contributed by atoms with Gasteiger partial charge < -0.3 is 9.73 Å². The van der Waals surface area contributed by atoms with Crippen LogP contribution in [0.25, 0.3) is 0 Å². The number of nitrogens with one attached hydrogen (secondary N) is 1. The van der Waals surface area contributed by atoms with Crippen LogP contribution in [0.15, 0.2) is 52.0 Å². The van der Waals surface area contributed by atoms with Gasteiger partial charge in [-0.25, -0.2) is 8.42 Å². The molecule has 4 rings (SSSR count). The van der Waals surface area contributed by atoms with Crippen molar-refractivity contribution in [3.8, 4) is 0 Å². The molecule has 1 N–H and O–H groups in total. The second kappa shape index (κ2) is 10.2. The largest absolute Gasteiger partial charge is 0.468 e. The number of rotatable bonds is 8. The van der Waals surface area contributed by atoms with Gasteiger partial charge in [0.2, 0.25) is 10.0 Å². The Morgan fingerprint density at radius 1 is 1.09 bits per heavy atom. The number of carbonyl (C=O) groups is 1. The third kappa shape index (κ3) is 5.08. The third-order valence-corrected chi connectivity index (χ3v) is 8.72. The molecule has 1 atom stereocenters. The summed E-state index contributed by atoms with van der Waals surface area (Å²) in [5, 5.41) is 3.00. The molecule has 174 valence electrons. The molecule has 0 bridgehead atoms. The first-order valence-electron chi connectivity index (χ1n) is 11.6. The smallest absolute Gasteiger partial charge is 0.251 e. The van der Waals surface area contributed by atoms with Crippen LogP contribution in [0.3, 0.4) is 0 Å². The van der Waals surface area contributed by atoms with Gasteiger partial charge in [0.05, 0.1) is 17.2 Å². The Hall–Kier alpha value is -2.16. The van der Waals surface area contributed by atoms with Crippen LogP contribution in [0.4, 0.5) is 0 Å². The molecular formula is C24H33N3O4S. The summed E-state index contributed by atoms with van der Waals surface area (Å²) in [5.74, 6) is 0.629. The summed E-state index contributed by atoms with van der Waals surface area (Å²) in [6.45, 7) is 2.42. The molecular weight excluding hydrogens is 426 g/mol. The minimum atomic E-state index is -3.56. The van der Waals surface area contributed by atoms with E-state index in [-0.39, 0.29) is 22.9 Å². The molecule has 1 saturated carbocycles. The summed E-state index contributed by atoms with van der Waals surface area (Å²) in [5.41, 5.74) is 0.448. The van der Waals surface area contributed by atoms with Crippen LogP contribution in [-0.4, -0.2) is 56.3 Å². The number of carbonyl (C=O) groups excluding carboxylic acids is 1. The minimum absolute atomic E-state index is 0.000226. The van der Waals surface area contributed by atoms with Crippen LogP contribution >= 0.6 is 0 Å². The van der Waals surface area contributed by atoms with Crippen LogP contribution in [0, 0.1) is 0 Å². The van der Waals surface area contributed by atoms with Crippen molar-refractivity contribution in [2.75, 3.05) is 26.7 Å². The third-order valence-electron chi connectivity index (χ3n) is 6.79. The predicted octanol–water partition coefficient (Wildman–Crippen LogP) is 3.80. The first kappa shape index (κ1) is 23.0. The van der Waals surface area contributed by atoms with E-state index in [1.807, 2.05) is 12.1 Å². The number of amides is 1. The van der Waals surface area contributed by atoms with Crippen LogP contribution in [-0.2, 0) is 10.0 Å². The molecule has 1 saturated heterocycles. The maximum absolute atomic E-state index is 13.0. The van der Waals surface area contributed by atoms with E-state index >= 15 is 0 Å². The number of sulfonamides is 1. The molecule has 2 fully saturated rings. The Labute approximate surface area is 190 Å². The van der Waals surface area contributed by atoms with Crippen molar-refractivity contribution < 1.29 is 17.6 Å². The Balaban J connectivity index is 1.40. The van der Waals surface area contributed by atoms with Gasteiger partial charge in [-0.1, -0.05) is 19.3 Å². The molecule has 0 unspecified atom stereocenters. The standard InChI is InChI=1S/C24H33N3O4S/c1-26(20-8-3-2-4-9-20)32(29,30)21-13-11-19(12-14-21)24(28)25-18-22(23-10-7-17-31-23)27-15-5-6-16-27/h7,10-14,17,20,22H,2-6,8-9,15-16,18H2,1H3,(H,25,28)/t22-/m0/s1. The summed E-state index contributed by atoms with van der Waals surface area (Å²) in [7, 11) is -1.90. The highest BCUT2D eigenvalue weighted by atomic mass is 32.2. The van der Waals surface area contributed by atoms with Gasteiger partial charge in [0.1, 0.15) is 5.76 Å². The molecule has 1 aromatic carbocycles. The van der Waals surface area contributed by atoms with E-state index in [0.29, 0.717) is 12.1 Å². The zero-order valence-electron chi connectivity index (χ0n) is 18.7. The number of furan rings is 1. The fourth-order valence-electron chi connectivity index (χ4n) is 4.82. The Bertz CT molecular complexity index is 977. The predicted molar refractivity (Wildman–Crippen MR) is 123 cm³/mol. The number of benzene rings is 1. The molecule has 1 aromatic heterocycles. The van der Waals surface area contributed by atoms with Crippen LogP contribution in [0.5, 0.6) is 0 Å². The molecule has 2 heterocycles. The molecule has 0 spiro atoms. The zero-order chi connectivity index (χ0) is 22.6. The summed E-state index contributed by atoms with van der Waals surface area (Å²) in [6, 6.07) is 10.1. The lowest BCUT2D eigenvalue weighted by Gasteiger charge is -2.30. The molecule has 1 aliphatic carbocycles. The van der Waals surface area contributed by atoms with Crippen molar-refractivity contribution in [1.82, 2.24) is 14.5 Å². The first-order chi connectivity index (χ1) is 15.5. The van der Waals surface area contributed by atoms with E-state index in [0.717, 1.165) is 57.4 Å². The van der Waals surface area contributed by atoms with Gasteiger partial charge in [-0.05, 0) is 75.2 Å². The van der Waals surface area contributed by atoms with Crippen molar-refractivity contribution in [2.45, 2.75) is 61.9 Å². The van der Waals surface area contributed by atoms with Crippen molar-refractivity contribution in [1.29, 1.82) is 0 Å². The topological polar surface area (TPSA) is 82.9 Å². The summed E-state index contributed by atoms with van der Waals surface area (Å²) < 4.78 is 33.1. The summed E-state index contributed by atoms with van der Waals surface area (Å²) >= 11 is 0. The first-order valence-corrected chi connectivity index (χ1v) is 13.0. The fraction of sp³-hybridized carbons (Fsp3) is 0.542. The summed E-state index contributed by atoms with van der Waals surface area (Å²) in [6.07, 6.45) is 9.08. The molecule has 0 radical (unpaired) electrons. The molecule has 32 heavy (non-hydrogen) atoms. The zero-order valence-corrected chi connectivity index (χ0v) is 19.5. The maximum Gasteiger partial charge on any atom is 0.251 e. The Morgan fingerprint density at radius 3 is 2.41 bits per heavy atom. The van der Waals surface area contributed by atoms with E-state index in [4.69, 9.17) is 4.42 Å². The highest BCUT2D eigenvalue weighted by Crippen LogP contribution is 2.27. The normalized spacial score (nSPS) is 19.3. The monoisotopic (exact) mass is 459 g/mol. The SMILES string of the molecule is CN(C1CCCCC1)S(=O)(=O)c1ccc(C(=O)NC[C@@H](c2ccco2)N2CCCC2)cc1. The Kier molecular flexibility index (Phi) is 7.33. The van der Waals surface area contributed by atoms with Crippen molar-refractivity contribution in [3.05, 3.63) is 54.0 Å². The lowest BCUT2D eigenvalue weighted by atomic mass is 9.96. The van der Waals surface area contributed by atoms with Gasteiger partial charge in [0.15, 0.2) is 0 Å². The van der Waals surface area contributed by atoms with Crippen molar-refractivity contribution in [3.63, 3.8) is 0 Å². The van der Waals surface area contributed by atoms with E-state index < -0.39 is 10.0 Å². The average molecular weight is 460 g/mol. The van der Waals surface area contributed by atoms with Crippen LogP contribution < -0.4 is 5.32 Å². The second-order valence-corrected chi connectivity index (χ2v) is 10.8. The van der Waals surface area contributed by atoms with E-state index in [2.05, 4.69) is 10.2 Å². The van der Waals surface area contributed by atoms with E-state index in [1.54, 1.807) is 25.4 Å². The Morgan fingerprint density at radius 2 is 1.78 bits per heavy atom. The highest BCUT2D eigenvalue weighted by Gasteiger charge is 2.29. The van der Waals surface area contributed by atoms with Crippen molar-refractivity contribution in [2.24, 2.45) is 0 Å². The van der Waals surface area contributed by atoms with Gasteiger partial charge in [-0.3, -0.25) is 9.69 Å². The highest BCUT2D eigenvalue weighted by molar-refractivity contribution is 7.89. The van der Waals surface area contributed by atoms with Gasteiger partial charge in [0.25, 0.3) is 5.91 Å². The number of hydrogen-bond acceptors (Lipinski definition) is 5. The lowest BCUT2D eigenvalue weighted by Crippen LogP contribution is -2.38. The quantitative estimate of drug-likeness (QED) is 0.649. The molecule has 1 amide bonds. The number of likely N-dealkylation sites (tertiary alicyclic amines) is 1. The van der Waals surface area contributed by atoms with Gasteiger partial charge >= 0.3 is 0 Å². The van der Waals surface area contributed by atoms with Gasteiger partial charge in [-0.15, -0.1) is 0 Å². The minimum Gasteiger partial charge on any atom is -0.468 e. The molecule has 2 aliphatic rings.